The van der Waals surface area contributed by atoms with Crippen LogP contribution in [-0.4, -0.2) is 19.8 Å². The van der Waals surface area contributed by atoms with Gasteiger partial charge < -0.3 is 0 Å². The Kier molecular flexibility index (Phi) is 9.29. The number of benzene rings is 5. The molecule has 39 heavy (non-hydrogen) atoms. The topological polar surface area (TPSA) is 0 Å². The number of rotatable bonds is 11. The fraction of sp³-hybridized carbons (Fsp3) is 0.105. The second-order valence-corrected chi connectivity index (χ2v) is 16.9. The molecule has 0 saturated heterocycles. The number of hydrogen-bond donors (Lipinski definition) is 0. The second kappa shape index (κ2) is 13.4. The zero-order valence-electron chi connectivity index (χ0n) is 22.4. The Bertz CT molecular complexity index is 1430. The zero-order valence-corrected chi connectivity index (χ0v) is 25.3. The first-order valence-corrected chi connectivity index (χ1v) is 18.0. The van der Waals surface area contributed by atoms with Crippen LogP contribution in [0.4, 0.5) is 0 Å². The van der Waals surface area contributed by atoms with E-state index in [-0.39, 0.29) is 11.8 Å². The van der Waals surface area contributed by atoms with Crippen molar-refractivity contribution in [2.24, 2.45) is 0 Å². The van der Waals surface area contributed by atoms with Gasteiger partial charge in [-0.15, -0.1) is 0 Å². The van der Waals surface area contributed by atoms with E-state index in [0.29, 0.717) is 0 Å². The Morgan fingerprint density at radius 1 is 0.487 bits per heavy atom. The van der Waals surface area contributed by atoms with Crippen LogP contribution < -0.4 is 10.7 Å². The van der Waals surface area contributed by atoms with E-state index in [1.807, 2.05) is 0 Å². The molecule has 0 aliphatic rings. The van der Waals surface area contributed by atoms with Crippen molar-refractivity contribution >= 4 is 30.5 Å². The van der Waals surface area contributed by atoms with Crippen LogP contribution in [0.1, 0.15) is 34.1 Å². The monoisotopic (exact) mass is 611 g/mol. The molecule has 0 aromatic heterocycles. The van der Waals surface area contributed by atoms with E-state index in [4.69, 9.17) is 0 Å². The third kappa shape index (κ3) is 6.51. The van der Waals surface area contributed by atoms with Crippen LogP contribution in [0.25, 0.3) is 0 Å². The van der Waals surface area contributed by atoms with Gasteiger partial charge in [0.15, 0.2) is 0 Å². The minimum absolute atomic E-state index is 0.251. The molecule has 0 N–H and O–H groups in total. The Balaban J connectivity index is 1.67. The third-order valence-corrected chi connectivity index (χ3v) is 15.6. The van der Waals surface area contributed by atoms with Gasteiger partial charge in [-0.2, -0.15) is 0 Å². The van der Waals surface area contributed by atoms with Gasteiger partial charge in [0, 0.05) is 0 Å². The van der Waals surface area contributed by atoms with E-state index in [1.165, 1.54) is 29.4 Å². The fourth-order valence-corrected chi connectivity index (χ4v) is 13.6. The minimum atomic E-state index is -2.51. The number of hydrogen-bond acceptors (Lipinski definition) is 0. The van der Waals surface area contributed by atoms with Crippen molar-refractivity contribution in [1.29, 1.82) is 0 Å². The van der Waals surface area contributed by atoms with Gasteiger partial charge in [-0.05, 0) is 0 Å². The van der Waals surface area contributed by atoms with E-state index in [9.17, 15) is 0 Å². The maximum atomic E-state index is 4.28. The molecule has 0 fully saturated rings. The maximum absolute atomic E-state index is 4.28. The third-order valence-electron chi connectivity index (χ3n) is 7.56. The standard InChI is InChI=1S/C26H25.2C6H5.Sn/c1-3-21(23-13-7-5-8-14-23)19-25-17-11-12-18-26(25)20-22(4-2)24-15-9-6-10-16-24;2*1-2-4-6-5-3-1;/h3-17,21-22H,1-2,19-20H2;2*1-5H;. The van der Waals surface area contributed by atoms with E-state index >= 15 is 0 Å². The molecule has 0 nitrogen and oxygen atoms in total. The van der Waals surface area contributed by atoms with Crippen LogP contribution in [-0.2, 0) is 12.8 Å². The summed E-state index contributed by atoms with van der Waals surface area (Å²) >= 11 is -2.51. The average Bonchev–Trinajstić information content (AvgIpc) is 3.01. The van der Waals surface area contributed by atoms with E-state index in [1.54, 1.807) is 3.58 Å². The summed E-state index contributed by atoms with van der Waals surface area (Å²) in [6, 6.07) is 51.1. The van der Waals surface area contributed by atoms with Crippen molar-refractivity contribution in [2.75, 3.05) is 0 Å². The Labute approximate surface area is 241 Å². The SMILES string of the molecule is C=CC(Cc1ccc[c]([Sn]([c]2ccccc2)[c]2ccccc2)c1CC(C=C)c1ccccc1)c1ccccc1. The molecule has 2 atom stereocenters. The predicted molar refractivity (Wildman–Crippen MR) is 170 cm³/mol. The summed E-state index contributed by atoms with van der Waals surface area (Å²) in [5.74, 6) is 0.515. The average molecular weight is 610 g/mol. The van der Waals surface area contributed by atoms with Gasteiger partial charge >= 0.3 is 242 Å². The molecule has 5 rings (SSSR count). The van der Waals surface area contributed by atoms with Gasteiger partial charge in [0.05, 0.1) is 0 Å². The number of allylic oxidation sites excluding steroid dienone is 2. The second-order valence-electron chi connectivity index (χ2n) is 9.96. The molecule has 0 heterocycles. The molecule has 1 radical (unpaired) electrons. The van der Waals surface area contributed by atoms with Gasteiger partial charge in [0.25, 0.3) is 0 Å². The molecule has 0 spiro atoms. The Morgan fingerprint density at radius 2 is 0.923 bits per heavy atom. The van der Waals surface area contributed by atoms with Crippen molar-refractivity contribution in [3.05, 3.63) is 187 Å². The fourth-order valence-electron chi connectivity index (χ4n) is 5.52. The zero-order chi connectivity index (χ0) is 26.9. The van der Waals surface area contributed by atoms with E-state index in [0.717, 1.165) is 12.8 Å². The van der Waals surface area contributed by atoms with Crippen molar-refractivity contribution < 1.29 is 0 Å². The summed E-state index contributed by atoms with van der Waals surface area (Å²) in [5, 5.41) is 0. The molecular formula is C38H35Sn. The molecule has 1 heteroatoms. The predicted octanol–water partition coefficient (Wildman–Crippen LogP) is 7.23. The normalized spacial score (nSPS) is 12.5. The summed E-state index contributed by atoms with van der Waals surface area (Å²) in [4.78, 5) is 0. The Morgan fingerprint density at radius 3 is 1.38 bits per heavy atom. The Hall–Kier alpha value is -3.62. The first kappa shape index (κ1) is 27.0. The summed E-state index contributed by atoms with van der Waals surface area (Å²) in [6.07, 6.45) is 6.13. The van der Waals surface area contributed by atoms with Crippen LogP contribution in [0.5, 0.6) is 0 Å². The van der Waals surface area contributed by atoms with Crippen molar-refractivity contribution in [2.45, 2.75) is 24.7 Å². The van der Waals surface area contributed by atoms with Crippen LogP contribution in [0, 0.1) is 0 Å². The van der Waals surface area contributed by atoms with Crippen molar-refractivity contribution in [3.63, 3.8) is 0 Å². The van der Waals surface area contributed by atoms with Crippen LogP contribution in [0.3, 0.4) is 0 Å². The molecule has 0 aliphatic carbocycles. The van der Waals surface area contributed by atoms with Gasteiger partial charge in [-0.3, -0.25) is 0 Å². The van der Waals surface area contributed by atoms with E-state index in [2.05, 4.69) is 165 Å². The molecule has 0 aliphatic heterocycles. The molecule has 0 amide bonds. The summed E-state index contributed by atoms with van der Waals surface area (Å²) in [5.41, 5.74) is 5.56. The molecule has 0 saturated carbocycles. The molecule has 5 aromatic carbocycles. The van der Waals surface area contributed by atoms with Crippen LogP contribution in [0.15, 0.2) is 165 Å². The van der Waals surface area contributed by atoms with Gasteiger partial charge in [-0.25, -0.2) is 0 Å². The molecule has 5 aromatic rings. The quantitative estimate of drug-likeness (QED) is 0.109. The molecule has 191 valence electrons. The van der Waals surface area contributed by atoms with Gasteiger partial charge in [0.2, 0.25) is 0 Å². The first-order chi connectivity index (χ1) is 19.3. The van der Waals surface area contributed by atoms with E-state index < -0.39 is 19.8 Å². The molecule has 0 bridgehead atoms. The summed E-state index contributed by atoms with van der Waals surface area (Å²) < 4.78 is 4.57. The van der Waals surface area contributed by atoms with Crippen molar-refractivity contribution in [3.8, 4) is 0 Å². The van der Waals surface area contributed by atoms with Crippen LogP contribution in [0.2, 0.25) is 0 Å². The first-order valence-electron chi connectivity index (χ1n) is 13.7. The summed E-state index contributed by atoms with van der Waals surface area (Å²) in [7, 11) is 0. The van der Waals surface area contributed by atoms with Crippen LogP contribution >= 0.6 is 0 Å². The van der Waals surface area contributed by atoms with Gasteiger partial charge in [0.1, 0.15) is 0 Å². The molecular weight excluding hydrogens is 575 g/mol. The summed E-state index contributed by atoms with van der Waals surface area (Å²) in [6.45, 7) is 8.52. The van der Waals surface area contributed by atoms with Crippen molar-refractivity contribution in [1.82, 2.24) is 0 Å². The molecule has 2 unspecified atom stereocenters. The van der Waals surface area contributed by atoms with Gasteiger partial charge in [-0.1, -0.05) is 0 Å².